The highest BCUT2D eigenvalue weighted by molar-refractivity contribution is 8.01. The van der Waals surface area contributed by atoms with Crippen molar-refractivity contribution < 1.29 is 33.5 Å². The summed E-state index contributed by atoms with van der Waals surface area (Å²) in [6.45, 7) is 0. The summed E-state index contributed by atoms with van der Waals surface area (Å²) in [6, 6.07) is -1.02. The molecule has 2 aromatic rings. The number of hydrogen-bond donors (Lipinski definition) is 3. The molecule has 0 spiro atoms. The largest absolute Gasteiger partial charge is 0.477 e. The molecule has 18 heteroatoms. The van der Waals surface area contributed by atoms with Crippen molar-refractivity contribution in [3.8, 4) is 0 Å². The standard InChI is InChI=1S/C19H16FN7O6S4/c20-8-1-10(8)33-26-11(9-4-35-18(23-9)21-5-28)14(29)24-12-15(30)27-13(17(31)32)7(2-34-16(12)27)3-36-19-25-22-6-37-19/h4-6,8,10,12,16H,1-3H2,(H,24,29)(H,31,32)(H,21,23,28)/b26-11-/t8?,10?,12-,16-/m1/s1. The maximum Gasteiger partial charge on any atom is 0.352 e. The lowest BCUT2D eigenvalue weighted by molar-refractivity contribution is -0.150. The SMILES string of the molecule is O=CNc1nc(/C(=N/OC2CC2F)C(=O)N[C@@H]2C(=O)N3C(C(=O)O)=C(CSc4nncs4)CS[C@H]23)cs1. The molecule has 37 heavy (non-hydrogen) atoms. The number of fused-ring (bicyclic) bond motifs is 1. The number of aliphatic carboxylic acids is 1. The third-order valence-corrected chi connectivity index (χ3v) is 9.39. The third kappa shape index (κ3) is 5.32. The zero-order valence-corrected chi connectivity index (χ0v) is 21.7. The van der Waals surface area contributed by atoms with Gasteiger partial charge in [0.1, 0.15) is 34.5 Å². The lowest BCUT2D eigenvalue weighted by Crippen LogP contribution is -2.71. The Balaban J connectivity index is 1.31. The van der Waals surface area contributed by atoms with Gasteiger partial charge >= 0.3 is 5.97 Å². The summed E-state index contributed by atoms with van der Waals surface area (Å²) < 4.78 is 13.9. The van der Waals surface area contributed by atoms with E-state index in [1.54, 1.807) is 5.51 Å². The number of aromatic nitrogens is 3. The predicted molar refractivity (Wildman–Crippen MR) is 133 cm³/mol. The minimum atomic E-state index is -1.24. The van der Waals surface area contributed by atoms with Crippen LogP contribution in [0.15, 0.2) is 31.7 Å². The first-order valence-corrected chi connectivity index (χ1v) is 14.3. The van der Waals surface area contributed by atoms with Crippen LogP contribution in [-0.2, 0) is 24.0 Å². The summed E-state index contributed by atoms with van der Waals surface area (Å²) in [5.41, 5.74) is 1.78. The number of nitrogens with one attached hydrogen (secondary N) is 2. The van der Waals surface area contributed by atoms with Crippen molar-refractivity contribution in [3.63, 3.8) is 0 Å². The van der Waals surface area contributed by atoms with Crippen LogP contribution < -0.4 is 10.6 Å². The Morgan fingerprint density at radius 3 is 2.89 bits per heavy atom. The number of nitrogens with zero attached hydrogens (tertiary/aromatic N) is 5. The fraction of sp³-hybridized carbons (Fsp3) is 0.368. The minimum absolute atomic E-state index is 0.0601. The number of rotatable bonds is 11. The molecule has 3 amide bonds. The van der Waals surface area contributed by atoms with Crippen LogP contribution in [0.2, 0.25) is 0 Å². The highest BCUT2D eigenvalue weighted by Crippen LogP contribution is 2.41. The third-order valence-electron chi connectivity index (χ3n) is 5.33. The predicted octanol–water partition coefficient (Wildman–Crippen LogP) is 0.925. The van der Waals surface area contributed by atoms with E-state index < -0.39 is 41.5 Å². The normalized spacial score (nSPS) is 24.7. The number of anilines is 1. The van der Waals surface area contributed by atoms with Gasteiger partial charge in [-0.15, -0.1) is 33.3 Å². The first-order chi connectivity index (χ1) is 17.9. The Kier molecular flexibility index (Phi) is 7.40. The Morgan fingerprint density at radius 2 is 2.22 bits per heavy atom. The van der Waals surface area contributed by atoms with Crippen molar-refractivity contribution in [2.24, 2.45) is 5.16 Å². The molecule has 2 unspecified atom stereocenters. The molecule has 0 bridgehead atoms. The van der Waals surface area contributed by atoms with Gasteiger partial charge in [-0.05, 0) is 5.57 Å². The molecule has 2 aromatic heterocycles. The highest BCUT2D eigenvalue weighted by Gasteiger charge is 2.54. The monoisotopic (exact) mass is 585 g/mol. The van der Waals surface area contributed by atoms with E-state index in [0.717, 1.165) is 16.2 Å². The Labute approximate surface area is 223 Å². The average molecular weight is 586 g/mol. The molecular weight excluding hydrogens is 570 g/mol. The summed E-state index contributed by atoms with van der Waals surface area (Å²) in [6.07, 6.45) is -1.39. The highest BCUT2D eigenvalue weighted by atomic mass is 32.2. The van der Waals surface area contributed by atoms with Gasteiger partial charge < -0.3 is 20.6 Å². The first-order valence-electron chi connectivity index (χ1n) is 10.5. The van der Waals surface area contributed by atoms with E-state index in [9.17, 15) is 28.7 Å². The number of oxime groups is 1. The first kappa shape index (κ1) is 25.6. The van der Waals surface area contributed by atoms with Gasteiger partial charge in [-0.25, -0.2) is 14.2 Å². The van der Waals surface area contributed by atoms with Crippen molar-refractivity contribution >= 4 is 81.2 Å². The number of halogens is 1. The van der Waals surface area contributed by atoms with Crippen LogP contribution in [-0.4, -0.2) is 90.3 Å². The van der Waals surface area contributed by atoms with Crippen LogP contribution in [0, 0.1) is 0 Å². The van der Waals surface area contributed by atoms with E-state index in [1.165, 1.54) is 40.2 Å². The molecule has 1 saturated heterocycles. The molecular formula is C19H16FN7O6S4. The summed E-state index contributed by atoms with van der Waals surface area (Å²) in [7, 11) is 0. The van der Waals surface area contributed by atoms with E-state index in [-0.39, 0.29) is 28.7 Å². The number of carboxylic acids is 1. The topological polar surface area (TPSA) is 176 Å². The fourth-order valence-electron chi connectivity index (χ4n) is 3.46. The molecule has 4 atom stereocenters. The van der Waals surface area contributed by atoms with Crippen LogP contribution in [0.25, 0.3) is 0 Å². The Bertz CT molecular complexity index is 1300. The van der Waals surface area contributed by atoms with E-state index >= 15 is 0 Å². The maximum absolute atomic E-state index is 13.2. The molecule has 13 nitrogen and oxygen atoms in total. The maximum atomic E-state index is 13.2. The summed E-state index contributed by atoms with van der Waals surface area (Å²) in [5.74, 6) is -1.98. The molecule has 5 rings (SSSR count). The quantitative estimate of drug-likeness (QED) is 0.112. The van der Waals surface area contributed by atoms with Gasteiger partial charge in [-0.1, -0.05) is 28.3 Å². The van der Waals surface area contributed by atoms with E-state index in [1.807, 2.05) is 0 Å². The summed E-state index contributed by atoms with van der Waals surface area (Å²) in [4.78, 5) is 59.1. The lowest BCUT2D eigenvalue weighted by Gasteiger charge is -2.49. The molecule has 0 radical (unpaired) electrons. The van der Waals surface area contributed by atoms with Crippen LogP contribution in [0.1, 0.15) is 12.1 Å². The van der Waals surface area contributed by atoms with Crippen molar-refractivity contribution in [2.75, 3.05) is 16.8 Å². The molecule has 3 aliphatic rings. The van der Waals surface area contributed by atoms with Crippen molar-refractivity contribution in [1.82, 2.24) is 25.4 Å². The van der Waals surface area contributed by atoms with Gasteiger partial charge in [-0.2, -0.15) is 0 Å². The molecule has 0 aromatic carbocycles. The second-order valence-electron chi connectivity index (χ2n) is 7.75. The number of amides is 3. The molecule has 2 aliphatic heterocycles. The van der Waals surface area contributed by atoms with Crippen molar-refractivity contribution in [1.29, 1.82) is 0 Å². The van der Waals surface area contributed by atoms with E-state index in [4.69, 9.17) is 4.84 Å². The number of β-lactam (4-membered cyclic amide) rings is 1. The van der Waals surface area contributed by atoms with Gasteiger partial charge in [0.05, 0.1) is 0 Å². The summed E-state index contributed by atoms with van der Waals surface area (Å²) >= 11 is 5.01. The Morgan fingerprint density at radius 1 is 1.41 bits per heavy atom. The number of thioether (sulfide) groups is 2. The molecule has 1 aliphatic carbocycles. The number of carbonyl (C=O) groups excluding carboxylic acids is 3. The lowest BCUT2D eigenvalue weighted by atomic mass is 10.0. The van der Waals surface area contributed by atoms with Gasteiger partial charge in [0.15, 0.2) is 21.3 Å². The second-order valence-corrected chi connectivity index (χ2v) is 11.8. The van der Waals surface area contributed by atoms with Gasteiger partial charge in [0.2, 0.25) is 6.41 Å². The average Bonchev–Trinajstić information content (AvgIpc) is 3.24. The molecule has 194 valence electrons. The molecule has 2 fully saturated rings. The zero-order chi connectivity index (χ0) is 26.1. The zero-order valence-electron chi connectivity index (χ0n) is 18.4. The second kappa shape index (κ2) is 10.7. The number of hydrogen-bond acceptors (Lipinski definition) is 13. The minimum Gasteiger partial charge on any atom is -0.477 e. The van der Waals surface area contributed by atoms with Crippen LogP contribution in [0.3, 0.4) is 0 Å². The van der Waals surface area contributed by atoms with E-state index in [0.29, 0.717) is 27.8 Å². The number of carboxylic acid groups (broad SMARTS) is 1. The van der Waals surface area contributed by atoms with Crippen LogP contribution in [0.5, 0.6) is 0 Å². The molecule has 4 heterocycles. The van der Waals surface area contributed by atoms with Gasteiger partial charge in [0, 0.05) is 23.3 Å². The summed E-state index contributed by atoms with van der Waals surface area (Å²) in [5, 5.41) is 27.2. The number of alkyl halides is 1. The van der Waals surface area contributed by atoms with Crippen LogP contribution >= 0.6 is 46.2 Å². The van der Waals surface area contributed by atoms with Crippen LogP contribution in [0.4, 0.5) is 9.52 Å². The van der Waals surface area contributed by atoms with Gasteiger partial charge in [0.25, 0.3) is 11.8 Å². The fourth-order valence-corrected chi connectivity index (χ4v) is 7.08. The Hall–Kier alpha value is -3.09. The smallest absolute Gasteiger partial charge is 0.352 e. The van der Waals surface area contributed by atoms with Crippen molar-refractivity contribution in [3.05, 3.63) is 27.9 Å². The van der Waals surface area contributed by atoms with Crippen molar-refractivity contribution in [2.45, 2.75) is 34.5 Å². The molecule has 3 N–H and O–H groups in total. The number of thiazole rings is 1. The van der Waals surface area contributed by atoms with E-state index in [2.05, 4.69) is 31.0 Å². The van der Waals surface area contributed by atoms with Gasteiger partial charge in [-0.3, -0.25) is 19.3 Å². The number of carbonyl (C=O) groups is 4. The molecule has 1 saturated carbocycles.